The molecule has 0 aromatic heterocycles. The molecule has 1 aliphatic rings. The summed E-state index contributed by atoms with van der Waals surface area (Å²) in [5, 5.41) is 5.66. The SMILES string of the molecule is CC(C)(C)OC(=O)N[C@@H](Cc1ccc(N2CCN(CCO[Si](C)(C)C(C)(C)C)CC2=O)cc1)C(=O)Nc1ccc(C(=O)OC(C)(C)C)cc1. The van der Waals surface area contributed by atoms with Crippen molar-refractivity contribution in [2.75, 3.05) is 43.0 Å². The van der Waals surface area contributed by atoms with Gasteiger partial charge in [-0.25, -0.2) is 9.59 Å². The van der Waals surface area contributed by atoms with Gasteiger partial charge in [-0.1, -0.05) is 32.9 Å². The summed E-state index contributed by atoms with van der Waals surface area (Å²) in [6.45, 7) is 24.7. The summed E-state index contributed by atoms with van der Waals surface area (Å²) >= 11 is 0. The van der Waals surface area contributed by atoms with Crippen molar-refractivity contribution >= 4 is 43.6 Å². The van der Waals surface area contributed by atoms with Gasteiger partial charge in [0.05, 0.1) is 12.1 Å². The number of amides is 3. The molecular formula is C37H56N4O7Si. The van der Waals surface area contributed by atoms with Crippen LogP contribution < -0.4 is 15.5 Å². The van der Waals surface area contributed by atoms with Crippen LogP contribution in [0.2, 0.25) is 18.1 Å². The molecule has 3 amide bonds. The minimum absolute atomic E-state index is 0.0212. The van der Waals surface area contributed by atoms with Crippen LogP contribution in [0, 0.1) is 0 Å². The number of ether oxygens (including phenoxy) is 2. The van der Waals surface area contributed by atoms with Crippen molar-refractivity contribution in [3.63, 3.8) is 0 Å². The number of carbonyl (C=O) groups is 4. The van der Waals surface area contributed by atoms with Gasteiger partial charge in [0.25, 0.3) is 0 Å². The van der Waals surface area contributed by atoms with Crippen molar-refractivity contribution in [2.45, 2.75) is 104 Å². The third-order valence-electron chi connectivity index (χ3n) is 8.46. The van der Waals surface area contributed by atoms with Crippen molar-refractivity contribution in [2.24, 2.45) is 0 Å². The molecule has 0 aliphatic carbocycles. The van der Waals surface area contributed by atoms with Gasteiger partial charge < -0.3 is 29.4 Å². The lowest BCUT2D eigenvalue weighted by atomic mass is 10.0. The highest BCUT2D eigenvalue weighted by Gasteiger charge is 2.37. The molecule has 1 atom stereocenters. The normalized spacial score (nSPS) is 15.4. The van der Waals surface area contributed by atoms with Crippen LogP contribution in [-0.2, 0) is 29.9 Å². The van der Waals surface area contributed by atoms with E-state index in [1.165, 1.54) is 0 Å². The molecule has 49 heavy (non-hydrogen) atoms. The Kier molecular flexibility index (Phi) is 12.8. The maximum Gasteiger partial charge on any atom is 0.408 e. The molecule has 0 radical (unpaired) electrons. The highest BCUT2D eigenvalue weighted by molar-refractivity contribution is 6.74. The predicted molar refractivity (Wildman–Crippen MR) is 195 cm³/mol. The Hall–Kier alpha value is -3.74. The van der Waals surface area contributed by atoms with E-state index < -0.39 is 43.5 Å². The second kappa shape index (κ2) is 15.9. The molecule has 2 aromatic rings. The van der Waals surface area contributed by atoms with E-state index in [1.54, 1.807) is 70.7 Å². The van der Waals surface area contributed by atoms with Gasteiger partial charge in [-0.05, 0) is 102 Å². The molecule has 1 fully saturated rings. The number of nitrogens with zero attached hydrogens (tertiary/aromatic N) is 2. The number of piperazine rings is 1. The van der Waals surface area contributed by atoms with E-state index in [0.29, 0.717) is 37.5 Å². The zero-order valence-electron chi connectivity index (χ0n) is 31.2. The first-order valence-corrected chi connectivity index (χ1v) is 19.8. The maximum atomic E-state index is 13.5. The second-order valence-corrected chi connectivity index (χ2v) is 20.9. The lowest BCUT2D eigenvalue weighted by Crippen LogP contribution is -2.52. The molecule has 12 heteroatoms. The molecule has 0 saturated carbocycles. The molecular weight excluding hydrogens is 641 g/mol. The standard InChI is InChI=1S/C37H56N4O7Si/c1-35(2,3)47-33(44)27-14-16-28(17-15-27)38-32(43)30(39-34(45)48-36(4,5)6)24-26-12-18-29(19-13-26)41-21-20-40(25-31(41)42)22-23-46-49(10,11)37(7,8)9/h12-19,30H,20-25H2,1-11H3,(H,38,43)(H,39,45)/t30-/m0/s1. The van der Waals surface area contributed by atoms with Gasteiger partial charge >= 0.3 is 12.1 Å². The van der Waals surface area contributed by atoms with E-state index >= 15 is 0 Å². The first-order chi connectivity index (χ1) is 22.5. The molecule has 1 aliphatic heterocycles. The molecule has 11 nitrogen and oxygen atoms in total. The summed E-state index contributed by atoms with van der Waals surface area (Å²) in [5.41, 5.74) is 0.984. The molecule has 2 N–H and O–H groups in total. The van der Waals surface area contributed by atoms with Crippen LogP contribution in [0.5, 0.6) is 0 Å². The number of nitrogens with one attached hydrogen (secondary N) is 2. The third kappa shape index (κ3) is 12.6. The molecule has 0 bridgehead atoms. The Bertz CT molecular complexity index is 1460. The molecule has 1 saturated heterocycles. The van der Waals surface area contributed by atoms with E-state index in [2.05, 4.69) is 49.4 Å². The average molecular weight is 697 g/mol. The molecule has 3 rings (SSSR count). The largest absolute Gasteiger partial charge is 0.456 e. The maximum absolute atomic E-state index is 13.5. The Labute approximate surface area is 293 Å². The summed E-state index contributed by atoms with van der Waals surface area (Å²) < 4.78 is 17.1. The zero-order chi connectivity index (χ0) is 36.8. The highest BCUT2D eigenvalue weighted by Crippen LogP contribution is 2.36. The average Bonchev–Trinajstić information content (AvgIpc) is 2.95. The van der Waals surface area contributed by atoms with E-state index in [4.69, 9.17) is 13.9 Å². The molecule has 2 aromatic carbocycles. The van der Waals surface area contributed by atoms with Gasteiger partial charge in [-0.2, -0.15) is 0 Å². The predicted octanol–water partition coefficient (Wildman–Crippen LogP) is 6.39. The number of carbonyl (C=O) groups excluding carboxylic acids is 4. The number of benzene rings is 2. The zero-order valence-corrected chi connectivity index (χ0v) is 32.2. The summed E-state index contributed by atoms with van der Waals surface area (Å²) in [6.07, 6.45) is -0.542. The summed E-state index contributed by atoms with van der Waals surface area (Å²) in [4.78, 5) is 55.6. The fourth-order valence-corrected chi connectivity index (χ4v) is 5.83. The molecule has 0 unspecified atom stereocenters. The van der Waals surface area contributed by atoms with Crippen molar-refractivity contribution in [1.29, 1.82) is 0 Å². The van der Waals surface area contributed by atoms with E-state index in [-0.39, 0.29) is 17.4 Å². The molecule has 1 heterocycles. The van der Waals surface area contributed by atoms with Crippen LogP contribution in [0.4, 0.5) is 16.2 Å². The Morgan fingerprint density at radius 1 is 0.837 bits per heavy atom. The van der Waals surface area contributed by atoms with Gasteiger partial charge in [0.2, 0.25) is 11.8 Å². The van der Waals surface area contributed by atoms with E-state index in [1.807, 2.05) is 24.3 Å². The number of hydrogen-bond acceptors (Lipinski definition) is 8. The van der Waals surface area contributed by atoms with Crippen molar-refractivity contribution < 1.29 is 33.1 Å². The van der Waals surface area contributed by atoms with Crippen molar-refractivity contribution in [1.82, 2.24) is 10.2 Å². The van der Waals surface area contributed by atoms with Crippen LogP contribution in [0.15, 0.2) is 48.5 Å². The van der Waals surface area contributed by atoms with Gasteiger partial charge in [0.15, 0.2) is 8.32 Å². The quantitative estimate of drug-likeness (QED) is 0.205. The second-order valence-electron chi connectivity index (χ2n) is 16.1. The summed E-state index contributed by atoms with van der Waals surface area (Å²) in [6, 6.07) is 12.8. The Balaban J connectivity index is 1.65. The van der Waals surface area contributed by atoms with Crippen molar-refractivity contribution in [3.8, 4) is 0 Å². The van der Waals surface area contributed by atoms with Crippen LogP contribution in [0.25, 0.3) is 0 Å². The summed E-state index contributed by atoms with van der Waals surface area (Å²) in [5.74, 6) is -0.898. The molecule has 270 valence electrons. The molecule has 0 spiro atoms. The van der Waals surface area contributed by atoms with Gasteiger partial charge in [-0.3, -0.25) is 14.5 Å². The van der Waals surface area contributed by atoms with Crippen LogP contribution >= 0.6 is 0 Å². The van der Waals surface area contributed by atoms with Crippen LogP contribution in [-0.4, -0.2) is 87.1 Å². The summed E-state index contributed by atoms with van der Waals surface area (Å²) in [7, 11) is -1.84. The number of alkyl carbamates (subject to hydrolysis) is 1. The Morgan fingerprint density at radius 3 is 1.96 bits per heavy atom. The van der Waals surface area contributed by atoms with Gasteiger partial charge in [0, 0.05) is 44.0 Å². The lowest BCUT2D eigenvalue weighted by molar-refractivity contribution is -0.121. The lowest BCUT2D eigenvalue weighted by Gasteiger charge is -2.38. The first-order valence-electron chi connectivity index (χ1n) is 16.9. The van der Waals surface area contributed by atoms with E-state index in [0.717, 1.165) is 17.8 Å². The Morgan fingerprint density at radius 2 is 1.43 bits per heavy atom. The monoisotopic (exact) mass is 696 g/mol. The third-order valence-corrected chi connectivity index (χ3v) is 13.0. The fourth-order valence-electron chi connectivity index (χ4n) is 4.79. The number of anilines is 2. The minimum atomic E-state index is -1.84. The van der Waals surface area contributed by atoms with E-state index in [9.17, 15) is 19.2 Å². The number of hydrogen-bond donors (Lipinski definition) is 2. The van der Waals surface area contributed by atoms with Crippen LogP contribution in [0.1, 0.15) is 78.2 Å². The minimum Gasteiger partial charge on any atom is -0.456 e. The van der Waals surface area contributed by atoms with Crippen molar-refractivity contribution in [3.05, 3.63) is 59.7 Å². The van der Waals surface area contributed by atoms with Crippen LogP contribution in [0.3, 0.4) is 0 Å². The highest BCUT2D eigenvalue weighted by atomic mass is 28.4. The fraction of sp³-hybridized carbons (Fsp3) is 0.568. The first kappa shape index (κ1) is 39.7. The smallest absolute Gasteiger partial charge is 0.408 e. The topological polar surface area (TPSA) is 127 Å². The number of rotatable bonds is 11. The van der Waals surface area contributed by atoms with Gasteiger partial charge in [0.1, 0.15) is 17.2 Å². The number of esters is 1. The van der Waals surface area contributed by atoms with Gasteiger partial charge in [-0.15, -0.1) is 0 Å².